The molecule has 7 nitrogen and oxygen atoms in total. The van der Waals surface area contributed by atoms with Crippen LogP contribution in [-0.2, 0) is 9.53 Å². The van der Waals surface area contributed by atoms with Crippen LogP contribution in [0.4, 0.5) is 0 Å². The molecular formula is C18H20N2O5. The lowest BCUT2D eigenvalue weighted by Crippen LogP contribution is -2.38. The van der Waals surface area contributed by atoms with Crippen LogP contribution in [0.5, 0.6) is 0 Å². The van der Waals surface area contributed by atoms with E-state index < -0.39 is 11.9 Å². The van der Waals surface area contributed by atoms with Crippen molar-refractivity contribution in [1.29, 1.82) is 0 Å². The van der Waals surface area contributed by atoms with Crippen LogP contribution in [0.15, 0.2) is 41.3 Å². The zero-order chi connectivity index (χ0) is 17.6. The van der Waals surface area contributed by atoms with E-state index in [-0.39, 0.29) is 18.4 Å². The van der Waals surface area contributed by atoms with Gasteiger partial charge in [0.1, 0.15) is 0 Å². The van der Waals surface area contributed by atoms with E-state index in [0.29, 0.717) is 37.4 Å². The lowest BCUT2D eigenvalue weighted by atomic mass is 9.86. The molecule has 1 aromatic heterocycles. The van der Waals surface area contributed by atoms with Gasteiger partial charge < -0.3 is 19.6 Å². The number of aromatic nitrogens is 1. The summed E-state index contributed by atoms with van der Waals surface area (Å²) < 4.78 is 10.5. The predicted molar refractivity (Wildman–Crippen MR) is 88.9 cm³/mol. The van der Waals surface area contributed by atoms with E-state index in [1.165, 1.54) is 6.39 Å². The first-order valence-electron chi connectivity index (χ1n) is 8.23. The summed E-state index contributed by atoms with van der Waals surface area (Å²) >= 11 is 0. The standard InChI is InChI=1S/C18H20N2O5/c21-17(14-3-1-13(2-4-14)16-10-19-11-25-16)20-9-15(18(22)23)12-5-7-24-8-6-12/h1-4,10-12,15H,5-9H2,(H,20,21)(H,22,23). The minimum Gasteiger partial charge on any atom is -0.481 e. The Hall–Kier alpha value is -2.67. The van der Waals surface area contributed by atoms with Crippen molar-refractivity contribution < 1.29 is 23.8 Å². The van der Waals surface area contributed by atoms with Crippen molar-refractivity contribution in [3.05, 3.63) is 42.4 Å². The highest BCUT2D eigenvalue weighted by Crippen LogP contribution is 2.24. The smallest absolute Gasteiger partial charge is 0.308 e. The normalized spacial score (nSPS) is 16.3. The highest BCUT2D eigenvalue weighted by molar-refractivity contribution is 5.94. The van der Waals surface area contributed by atoms with E-state index in [9.17, 15) is 14.7 Å². The average molecular weight is 344 g/mol. The Labute approximate surface area is 145 Å². The Morgan fingerprint density at radius 2 is 1.96 bits per heavy atom. The van der Waals surface area contributed by atoms with Gasteiger partial charge in [0.15, 0.2) is 12.2 Å². The summed E-state index contributed by atoms with van der Waals surface area (Å²) in [7, 11) is 0. The molecule has 132 valence electrons. The number of carbonyl (C=O) groups excluding carboxylic acids is 1. The number of ether oxygens (including phenoxy) is 1. The van der Waals surface area contributed by atoms with Gasteiger partial charge >= 0.3 is 5.97 Å². The maximum atomic E-state index is 12.3. The summed E-state index contributed by atoms with van der Waals surface area (Å²) in [6.45, 7) is 1.26. The molecule has 7 heteroatoms. The number of rotatable bonds is 6. The zero-order valence-corrected chi connectivity index (χ0v) is 13.7. The molecule has 1 aliphatic heterocycles. The van der Waals surface area contributed by atoms with Gasteiger partial charge in [-0.25, -0.2) is 4.98 Å². The number of carbonyl (C=O) groups is 2. The van der Waals surface area contributed by atoms with Crippen molar-refractivity contribution >= 4 is 11.9 Å². The number of carboxylic acids is 1. The molecule has 1 atom stereocenters. The van der Waals surface area contributed by atoms with Crippen molar-refractivity contribution in [1.82, 2.24) is 10.3 Å². The summed E-state index contributed by atoms with van der Waals surface area (Å²) in [5.74, 6) is -1.12. The first kappa shape index (κ1) is 17.2. The van der Waals surface area contributed by atoms with Crippen LogP contribution in [-0.4, -0.2) is 41.7 Å². The summed E-state index contributed by atoms with van der Waals surface area (Å²) in [6.07, 6.45) is 4.36. The molecule has 1 aromatic carbocycles. The second-order valence-corrected chi connectivity index (χ2v) is 6.05. The molecule has 0 bridgehead atoms. The summed E-state index contributed by atoms with van der Waals surface area (Å²) in [5, 5.41) is 12.2. The molecule has 2 aromatic rings. The van der Waals surface area contributed by atoms with Crippen molar-refractivity contribution in [3.63, 3.8) is 0 Å². The maximum Gasteiger partial charge on any atom is 0.308 e. The Balaban J connectivity index is 1.60. The van der Waals surface area contributed by atoms with Crippen LogP contribution in [0.3, 0.4) is 0 Å². The van der Waals surface area contributed by atoms with Crippen LogP contribution >= 0.6 is 0 Å². The molecule has 2 heterocycles. The van der Waals surface area contributed by atoms with E-state index in [2.05, 4.69) is 10.3 Å². The number of nitrogens with one attached hydrogen (secondary N) is 1. The van der Waals surface area contributed by atoms with Crippen molar-refractivity contribution in [2.75, 3.05) is 19.8 Å². The molecule has 0 saturated carbocycles. The minimum absolute atomic E-state index is 0.0281. The SMILES string of the molecule is O=C(NCC(C(=O)O)C1CCOCC1)c1ccc(-c2cnco2)cc1. The molecule has 1 saturated heterocycles. The minimum atomic E-state index is -0.882. The predicted octanol–water partition coefficient (Wildman–Crippen LogP) is 2.20. The van der Waals surface area contributed by atoms with Gasteiger partial charge in [-0.15, -0.1) is 0 Å². The number of hydrogen-bond acceptors (Lipinski definition) is 5. The Bertz CT molecular complexity index is 706. The topological polar surface area (TPSA) is 102 Å². The first-order chi connectivity index (χ1) is 12.1. The summed E-state index contributed by atoms with van der Waals surface area (Å²) in [5.41, 5.74) is 1.29. The van der Waals surface area contributed by atoms with Crippen LogP contribution in [0.2, 0.25) is 0 Å². The van der Waals surface area contributed by atoms with Gasteiger partial charge in [0.25, 0.3) is 5.91 Å². The van der Waals surface area contributed by atoms with Crippen molar-refractivity contribution in [2.24, 2.45) is 11.8 Å². The maximum absolute atomic E-state index is 12.3. The average Bonchev–Trinajstić information content (AvgIpc) is 3.17. The van der Waals surface area contributed by atoms with E-state index >= 15 is 0 Å². The molecule has 2 N–H and O–H groups in total. The number of nitrogens with zero attached hydrogens (tertiary/aromatic N) is 1. The number of oxazole rings is 1. The van der Waals surface area contributed by atoms with Gasteiger partial charge in [-0.05, 0) is 30.9 Å². The van der Waals surface area contributed by atoms with E-state index in [0.717, 1.165) is 5.56 Å². The van der Waals surface area contributed by atoms with Crippen LogP contribution < -0.4 is 5.32 Å². The zero-order valence-electron chi connectivity index (χ0n) is 13.7. The van der Waals surface area contributed by atoms with E-state index in [4.69, 9.17) is 9.15 Å². The van der Waals surface area contributed by atoms with Crippen LogP contribution in [0.25, 0.3) is 11.3 Å². The number of carboxylic acid groups (broad SMARTS) is 1. The Morgan fingerprint density at radius 1 is 1.24 bits per heavy atom. The molecule has 0 spiro atoms. The van der Waals surface area contributed by atoms with Gasteiger partial charge in [0, 0.05) is 30.9 Å². The molecule has 25 heavy (non-hydrogen) atoms. The summed E-state index contributed by atoms with van der Waals surface area (Å²) in [4.78, 5) is 27.7. The number of benzene rings is 1. The third-order valence-corrected chi connectivity index (χ3v) is 4.50. The fourth-order valence-corrected chi connectivity index (χ4v) is 3.02. The lowest BCUT2D eigenvalue weighted by molar-refractivity contribution is -0.144. The third kappa shape index (κ3) is 4.24. The van der Waals surface area contributed by atoms with Crippen LogP contribution in [0.1, 0.15) is 23.2 Å². The van der Waals surface area contributed by atoms with Crippen molar-refractivity contribution in [3.8, 4) is 11.3 Å². The van der Waals surface area contributed by atoms with Crippen LogP contribution in [0, 0.1) is 11.8 Å². The molecule has 1 unspecified atom stereocenters. The second kappa shape index (κ2) is 7.94. The van der Waals surface area contributed by atoms with Gasteiger partial charge in [0.2, 0.25) is 0 Å². The molecular weight excluding hydrogens is 324 g/mol. The molecule has 1 fully saturated rings. The fraction of sp³-hybridized carbons (Fsp3) is 0.389. The van der Waals surface area contributed by atoms with Crippen molar-refractivity contribution in [2.45, 2.75) is 12.8 Å². The first-order valence-corrected chi connectivity index (χ1v) is 8.23. The second-order valence-electron chi connectivity index (χ2n) is 6.05. The van der Waals surface area contributed by atoms with Gasteiger partial charge in [-0.2, -0.15) is 0 Å². The third-order valence-electron chi connectivity index (χ3n) is 4.50. The number of amides is 1. The molecule has 3 rings (SSSR count). The molecule has 1 amide bonds. The highest BCUT2D eigenvalue weighted by Gasteiger charge is 2.30. The monoisotopic (exact) mass is 344 g/mol. The molecule has 0 radical (unpaired) electrons. The van der Waals surface area contributed by atoms with Gasteiger partial charge in [-0.1, -0.05) is 12.1 Å². The van der Waals surface area contributed by atoms with Gasteiger partial charge in [0.05, 0.1) is 12.1 Å². The van der Waals surface area contributed by atoms with E-state index in [1.807, 2.05) is 0 Å². The number of aliphatic carboxylic acids is 1. The molecule has 1 aliphatic rings. The Kier molecular flexibility index (Phi) is 5.45. The highest BCUT2D eigenvalue weighted by atomic mass is 16.5. The lowest BCUT2D eigenvalue weighted by Gasteiger charge is -2.27. The number of hydrogen-bond donors (Lipinski definition) is 2. The Morgan fingerprint density at radius 3 is 2.56 bits per heavy atom. The summed E-state index contributed by atoms with van der Waals surface area (Å²) in [6, 6.07) is 6.89. The molecule has 0 aliphatic carbocycles. The van der Waals surface area contributed by atoms with E-state index in [1.54, 1.807) is 30.5 Å². The largest absolute Gasteiger partial charge is 0.481 e. The quantitative estimate of drug-likeness (QED) is 0.833. The fourth-order valence-electron chi connectivity index (χ4n) is 3.02. The van der Waals surface area contributed by atoms with Gasteiger partial charge in [-0.3, -0.25) is 9.59 Å².